The van der Waals surface area contributed by atoms with Crippen LogP contribution >= 0.6 is 0 Å². The van der Waals surface area contributed by atoms with Gasteiger partial charge in [-0.3, -0.25) is 0 Å². The Morgan fingerprint density at radius 2 is 1.78 bits per heavy atom. The fourth-order valence-electron chi connectivity index (χ4n) is 2.18. The van der Waals surface area contributed by atoms with Gasteiger partial charge in [-0.2, -0.15) is 0 Å². The standard InChI is InChI=1S/C16H18O2/c1-12(11-13-7-4-3-5-8-13)14-9-6-10-15(18-2)16(14)17/h3-10,12,17H,11H2,1-2H3. The first kappa shape index (κ1) is 12.5. The first-order valence-corrected chi connectivity index (χ1v) is 6.12. The molecule has 1 atom stereocenters. The molecule has 0 amide bonds. The number of ether oxygens (including phenoxy) is 1. The first-order valence-electron chi connectivity index (χ1n) is 6.12. The number of benzene rings is 2. The predicted octanol–water partition coefficient (Wildman–Crippen LogP) is 3.75. The molecule has 2 heteroatoms. The molecule has 0 saturated heterocycles. The fourth-order valence-corrected chi connectivity index (χ4v) is 2.18. The Morgan fingerprint density at radius 1 is 1.06 bits per heavy atom. The highest BCUT2D eigenvalue weighted by atomic mass is 16.5. The number of rotatable bonds is 4. The van der Waals surface area contributed by atoms with E-state index in [9.17, 15) is 5.11 Å². The van der Waals surface area contributed by atoms with Crippen LogP contribution in [-0.4, -0.2) is 12.2 Å². The molecule has 0 spiro atoms. The van der Waals surface area contributed by atoms with Crippen LogP contribution < -0.4 is 4.74 Å². The molecular formula is C16H18O2. The molecule has 0 aromatic heterocycles. The molecule has 0 bridgehead atoms. The lowest BCUT2D eigenvalue weighted by molar-refractivity contribution is 0.369. The molecule has 2 nitrogen and oxygen atoms in total. The zero-order chi connectivity index (χ0) is 13.0. The summed E-state index contributed by atoms with van der Waals surface area (Å²) in [5.41, 5.74) is 2.20. The second-order valence-electron chi connectivity index (χ2n) is 4.49. The minimum Gasteiger partial charge on any atom is -0.504 e. The van der Waals surface area contributed by atoms with Crippen LogP contribution in [0.3, 0.4) is 0 Å². The van der Waals surface area contributed by atoms with E-state index in [4.69, 9.17) is 4.74 Å². The molecule has 0 fully saturated rings. The van der Waals surface area contributed by atoms with Crippen LogP contribution in [0.25, 0.3) is 0 Å². The Balaban J connectivity index is 2.21. The van der Waals surface area contributed by atoms with Crippen molar-refractivity contribution in [2.75, 3.05) is 7.11 Å². The molecule has 0 radical (unpaired) electrons. The second kappa shape index (κ2) is 5.58. The van der Waals surface area contributed by atoms with Crippen molar-refractivity contribution in [1.82, 2.24) is 0 Å². The van der Waals surface area contributed by atoms with Gasteiger partial charge in [0.25, 0.3) is 0 Å². The van der Waals surface area contributed by atoms with Crippen LogP contribution in [0.2, 0.25) is 0 Å². The van der Waals surface area contributed by atoms with Crippen molar-refractivity contribution in [2.45, 2.75) is 19.3 Å². The molecule has 0 heterocycles. The topological polar surface area (TPSA) is 29.5 Å². The highest BCUT2D eigenvalue weighted by Gasteiger charge is 2.14. The van der Waals surface area contributed by atoms with Crippen LogP contribution in [0, 0.1) is 0 Å². The number of hydrogen-bond donors (Lipinski definition) is 1. The molecule has 0 aliphatic rings. The molecular weight excluding hydrogens is 224 g/mol. The number of phenols is 1. The van der Waals surface area contributed by atoms with Gasteiger partial charge in [-0.05, 0) is 24.0 Å². The van der Waals surface area contributed by atoms with E-state index in [1.807, 2.05) is 30.3 Å². The van der Waals surface area contributed by atoms with Crippen LogP contribution in [0.15, 0.2) is 48.5 Å². The van der Waals surface area contributed by atoms with Gasteiger partial charge in [0.15, 0.2) is 11.5 Å². The van der Waals surface area contributed by atoms with E-state index >= 15 is 0 Å². The summed E-state index contributed by atoms with van der Waals surface area (Å²) >= 11 is 0. The number of para-hydroxylation sites is 1. The number of aromatic hydroxyl groups is 1. The van der Waals surface area contributed by atoms with Crippen molar-refractivity contribution >= 4 is 0 Å². The summed E-state index contributed by atoms with van der Waals surface area (Å²) in [6, 6.07) is 15.9. The smallest absolute Gasteiger partial charge is 0.161 e. The quantitative estimate of drug-likeness (QED) is 0.884. The lowest BCUT2D eigenvalue weighted by Gasteiger charge is -2.15. The maximum absolute atomic E-state index is 10.1. The molecule has 2 aromatic carbocycles. The van der Waals surface area contributed by atoms with E-state index < -0.39 is 0 Å². The third kappa shape index (κ3) is 2.65. The van der Waals surface area contributed by atoms with Gasteiger partial charge >= 0.3 is 0 Å². The summed E-state index contributed by atoms with van der Waals surface area (Å²) < 4.78 is 5.14. The molecule has 0 aliphatic heterocycles. The summed E-state index contributed by atoms with van der Waals surface area (Å²) in [5, 5.41) is 10.1. The van der Waals surface area contributed by atoms with Crippen LogP contribution in [0.5, 0.6) is 11.5 Å². The Morgan fingerprint density at radius 3 is 2.44 bits per heavy atom. The van der Waals surface area contributed by atoms with Crippen molar-refractivity contribution in [3.63, 3.8) is 0 Å². The summed E-state index contributed by atoms with van der Waals surface area (Å²) in [4.78, 5) is 0. The van der Waals surface area contributed by atoms with Crippen LogP contribution in [0.1, 0.15) is 24.0 Å². The van der Waals surface area contributed by atoms with E-state index in [1.54, 1.807) is 13.2 Å². The largest absolute Gasteiger partial charge is 0.504 e. The van der Waals surface area contributed by atoms with Crippen molar-refractivity contribution < 1.29 is 9.84 Å². The molecule has 1 N–H and O–H groups in total. The average Bonchev–Trinajstić information content (AvgIpc) is 2.40. The summed E-state index contributed by atoms with van der Waals surface area (Å²) in [6.45, 7) is 2.11. The lowest BCUT2D eigenvalue weighted by Crippen LogP contribution is -1.99. The highest BCUT2D eigenvalue weighted by molar-refractivity contribution is 5.47. The Labute approximate surface area is 108 Å². The van der Waals surface area contributed by atoms with Gasteiger partial charge in [0.1, 0.15) is 0 Å². The maximum Gasteiger partial charge on any atom is 0.161 e. The Hall–Kier alpha value is -1.96. The molecule has 94 valence electrons. The molecule has 1 unspecified atom stereocenters. The van der Waals surface area contributed by atoms with Gasteiger partial charge in [0.05, 0.1) is 7.11 Å². The average molecular weight is 242 g/mol. The lowest BCUT2D eigenvalue weighted by atomic mass is 9.93. The summed E-state index contributed by atoms with van der Waals surface area (Å²) in [5.74, 6) is 1.04. The first-order chi connectivity index (χ1) is 8.72. The van der Waals surface area contributed by atoms with Crippen LogP contribution in [0.4, 0.5) is 0 Å². The molecule has 2 aromatic rings. The van der Waals surface area contributed by atoms with E-state index in [0.717, 1.165) is 12.0 Å². The third-order valence-electron chi connectivity index (χ3n) is 3.17. The van der Waals surface area contributed by atoms with E-state index in [-0.39, 0.29) is 11.7 Å². The zero-order valence-electron chi connectivity index (χ0n) is 10.8. The van der Waals surface area contributed by atoms with E-state index in [1.165, 1.54) is 5.56 Å². The predicted molar refractivity (Wildman–Crippen MR) is 73.2 cm³/mol. The van der Waals surface area contributed by atoms with Gasteiger partial charge in [-0.1, -0.05) is 49.4 Å². The number of hydrogen-bond acceptors (Lipinski definition) is 2. The van der Waals surface area contributed by atoms with Gasteiger partial charge in [-0.15, -0.1) is 0 Å². The third-order valence-corrected chi connectivity index (χ3v) is 3.17. The van der Waals surface area contributed by atoms with Gasteiger partial charge < -0.3 is 9.84 Å². The summed E-state index contributed by atoms with van der Waals surface area (Å²) in [7, 11) is 1.57. The van der Waals surface area contributed by atoms with Crippen molar-refractivity contribution in [3.8, 4) is 11.5 Å². The Bertz CT molecular complexity index is 506. The molecule has 0 saturated carbocycles. The van der Waals surface area contributed by atoms with Gasteiger partial charge in [-0.25, -0.2) is 0 Å². The number of methoxy groups -OCH3 is 1. The molecule has 2 rings (SSSR count). The maximum atomic E-state index is 10.1. The molecule has 0 aliphatic carbocycles. The van der Waals surface area contributed by atoms with Gasteiger partial charge in [0, 0.05) is 5.56 Å². The van der Waals surface area contributed by atoms with Crippen molar-refractivity contribution in [3.05, 3.63) is 59.7 Å². The SMILES string of the molecule is COc1cccc(C(C)Cc2ccccc2)c1O. The van der Waals surface area contributed by atoms with Crippen LogP contribution in [-0.2, 0) is 6.42 Å². The normalized spacial score (nSPS) is 12.1. The zero-order valence-corrected chi connectivity index (χ0v) is 10.8. The molecule has 18 heavy (non-hydrogen) atoms. The van der Waals surface area contributed by atoms with Crippen molar-refractivity contribution in [2.24, 2.45) is 0 Å². The number of phenolic OH excluding ortho intramolecular Hbond substituents is 1. The Kier molecular flexibility index (Phi) is 3.88. The van der Waals surface area contributed by atoms with E-state index in [2.05, 4.69) is 19.1 Å². The highest BCUT2D eigenvalue weighted by Crippen LogP contribution is 2.35. The van der Waals surface area contributed by atoms with Gasteiger partial charge in [0.2, 0.25) is 0 Å². The van der Waals surface area contributed by atoms with E-state index in [0.29, 0.717) is 5.75 Å². The summed E-state index contributed by atoms with van der Waals surface area (Å²) in [6.07, 6.45) is 0.904. The fraction of sp³-hybridized carbons (Fsp3) is 0.250. The minimum atomic E-state index is 0.252. The second-order valence-corrected chi connectivity index (χ2v) is 4.49. The van der Waals surface area contributed by atoms with Crippen molar-refractivity contribution in [1.29, 1.82) is 0 Å². The monoisotopic (exact) mass is 242 g/mol. The minimum absolute atomic E-state index is 0.252.